The Hall–Kier alpha value is -2.12. The number of hydrogen-bond acceptors (Lipinski definition) is 5. The maximum Gasteiger partial charge on any atom is 0.308 e. The maximum absolute atomic E-state index is 12.9. The molecule has 3 amide bonds. The summed E-state index contributed by atoms with van der Waals surface area (Å²) in [4.78, 5) is 55.3. The van der Waals surface area contributed by atoms with Gasteiger partial charge in [-0.3, -0.25) is 19.2 Å². The molecule has 0 N–H and O–H groups in total. The van der Waals surface area contributed by atoms with Gasteiger partial charge in [-0.05, 0) is 46.5 Å². The van der Waals surface area contributed by atoms with Gasteiger partial charge < -0.3 is 19.4 Å². The number of piperidine rings is 2. The number of likely N-dealkylation sites (tertiary alicyclic amines) is 3. The van der Waals surface area contributed by atoms with Crippen LogP contribution in [0.5, 0.6) is 0 Å². The van der Waals surface area contributed by atoms with Gasteiger partial charge in [-0.2, -0.15) is 0 Å². The molecule has 8 heteroatoms. The zero-order valence-electron chi connectivity index (χ0n) is 18.7. The largest absolute Gasteiger partial charge is 0.469 e. The Kier molecular flexibility index (Phi) is 6.72. The van der Waals surface area contributed by atoms with Gasteiger partial charge in [-0.15, -0.1) is 0 Å². The van der Waals surface area contributed by atoms with E-state index in [2.05, 4.69) is 0 Å². The van der Waals surface area contributed by atoms with Crippen LogP contribution in [0.25, 0.3) is 0 Å². The number of ether oxygens (including phenoxy) is 1. The first-order chi connectivity index (χ1) is 14.1. The molecule has 3 heterocycles. The van der Waals surface area contributed by atoms with Crippen LogP contribution in [0, 0.1) is 17.8 Å². The third-order valence-electron chi connectivity index (χ3n) is 6.78. The summed E-state index contributed by atoms with van der Waals surface area (Å²) < 4.78 is 4.81. The van der Waals surface area contributed by atoms with Crippen LogP contribution >= 0.6 is 0 Å². The molecule has 0 aromatic heterocycles. The number of amides is 3. The molecule has 3 aliphatic heterocycles. The van der Waals surface area contributed by atoms with E-state index in [0.29, 0.717) is 58.4 Å². The molecule has 3 rings (SSSR count). The molecular weight excluding hydrogens is 386 g/mol. The van der Waals surface area contributed by atoms with Crippen molar-refractivity contribution in [3.05, 3.63) is 0 Å². The van der Waals surface area contributed by atoms with Crippen molar-refractivity contribution in [2.45, 2.75) is 58.4 Å². The lowest BCUT2D eigenvalue weighted by atomic mass is 9.91. The van der Waals surface area contributed by atoms with Gasteiger partial charge in [0.25, 0.3) is 0 Å². The van der Waals surface area contributed by atoms with Crippen LogP contribution in [-0.4, -0.2) is 83.8 Å². The minimum atomic E-state index is -0.277. The van der Waals surface area contributed by atoms with Gasteiger partial charge in [-0.1, -0.05) is 0 Å². The van der Waals surface area contributed by atoms with Crippen LogP contribution in [0.2, 0.25) is 0 Å². The molecule has 1 atom stereocenters. The van der Waals surface area contributed by atoms with E-state index in [1.54, 1.807) is 4.90 Å². The van der Waals surface area contributed by atoms with Gasteiger partial charge in [0.05, 0.1) is 18.9 Å². The Bertz CT molecular complexity index is 685. The van der Waals surface area contributed by atoms with Crippen LogP contribution in [0.3, 0.4) is 0 Å². The fraction of sp³-hybridized carbons (Fsp3) is 0.818. The van der Waals surface area contributed by atoms with E-state index in [0.717, 1.165) is 0 Å². The third kappa shape index (κ3) is 4.78. The summed E-state index contributed by atoms with van der Waals surface area (Å²) in [5.41, 5.74) is -0.271. The van der Waals surface area contributed by atoms with Gasteiger partial charge in [0, 0.05) is 50.6 Å². The van der Waals surface area contributed by atoms with Crippen molar-refractivity contribution in [2.24, 2.45) is 17.8 Å². The molecule has 3 saturated heterocycles. The highest BCUT2D eigenvalue weighted by atomic mass is 16.5. The average Bonchev–Trinajstić information content (AvgIpc) is 3.14. The van der Waals surface area contributed by atoms with Gasteiger partial charge in [-0.25, -0.2) is 0 Å². The summed E-state index contributed by atoms with van der Waals surface area (Å²) in [6, 6.07) is 0. The molecule has 0 spiro atoms. The Morgan fingerprint density at radius 2 is 1.30 bits per heavy atom. The zero-order chi connectivity index (χ0) is 22.1. The lowest BCUT2D eigenvalue weighted by Crippen LogP contribution is -2.48. The van der Waals surface area contributed by atoms with Crippen molar-refractivity contribution in [1.29, 1.82) is 0 Å². The Morgan fingerprint density at radius 3 is 1.73 bits per heavy atom. The lowest BCUT2D eigenvalue weighted by Gasteiger charge is -2.37. The summed E-state index contributed by atoms with van der Waals surface area (Å²) in [7, 11) is 1.40. The van der Waals surface area contributed by atoms with Crippen LogP contribution in [-0.2, 0) is 23.9 Å². The van der Waals surface area contributed by atoms with Crippen LogP contribution in [0.4, 0.5) is 0 Å². The molecule has 0 aliphatic carbocycles. The van der Waals surface area contributed by atoms with Gasteiger partial charge in [0.1, 0.15) is 0 Å². The van der Waals surface area contributed by atoms with Crippen LogP contribution in [0.1, 0.15) is 52.9 Å². The second-order valence-electron chi connectivity index (χ2n) is 9.80. The molecule has 8 nitrogen and oxygen atoms in total. The molecule has 1 unspecified atom stereocenters. The number of carbonyl (C=O) groups excluding carboxylic acids is 4. The van der Waals surface area contributed by atoms with Gasteiger partial charge in [0.2, 0.25) is 17.7 Å². The first kappa shape index (κ1) is 22.6. The minimum absolute atomic E-state index is 0.0416. The summed E-state index contributed by atoms with van der Waals surface area (Å²) in [5.74, 6) is -0.424. The van der Waals surface area contributed by atoms with Gasteiger partial charge in [0.15, 0.2) is 0 Å². The zero-order valence-corrected chi connectivity index (χ0v) is 18.7. The number of rotatable bonds is 3. The highest BCUT2D eigenvalue weighted by Crippen LogP contribution is 2.29. The fourth-order valence-electron chi connectivity index (χ4n) is 4.89. The lowest BCUT2D eigenvalue weighted by molar-refractivity contribution is -0.150. The van der Waals surface area contributed by atoms with E-state index in [1.807, 2.05) is 30.6 Å². The van der Waals surface area contributed by atoms with Crippen molar-refractivity contribution in [2.75, 3.05) is 39.8 Å². The summed E-state index contributed by atoms with van der Waals surface area (Å²) in [5, 5.41) is 0. The normalized spacial score (nSPS) is 24.3. The van der Waals surface area contributed by atoms with E-state index in [9.17, 15) is 19.2 Å². The number of carbonyl (C=O) groups is 4. The molecule has 0 aromatic carbocycles. The molecule has 3 fully saturated rings. The number of methoxy groups -OCH3 is 1. The van der Waals surface area contributed by atoms with Crippen molar-refractivity contribution in [3.63, 3.8) is 0 Å². The third-order valence-corrected chi connectivity index (χ3v) is 6.78. The Labute approximate surface area is 178 Å². The smallest absolute Gasteiger partial charge is 0.308 e. The van der Waals surface area contributed by atoms with E-state index in [1.165, 1.54) is 7.11 Å². The van der Waals surface area contributed by atoms with Crippen LogP contribution < -0.4 is 0 Å². The first-order valence-corrected chi connectivity index (χ1v) is 11.1. The highest BCUT2D eigenvalue weighted by Gasteiger charge is 2.42. The van der Waals surface area contributed by atoms with Crippen molar-refractivity contribution in [1.82, 2.24) is 14.7 Å². The van der Waals surface area contributed by atoms with E-state index >= 15 is 0 Å². The minimum Gasteiger partial charge on any atom is -0.469 e. The van der Waals surface area contributed by atoms with Crippen LogP contribution in [0.15, 0.2) is 0 Å². The van der Waals surface area contributed by atoms with Crippen molar-refractivity contribution >= 4 is 23.7 Å². The second-order valence-corrected chi connectivity index (χ2v) is 9.80. The Balaban J connectivity index is 1.47. The number of nitrogens with zero attached hydrogens (tertiary/aromatic N) is 3. The first-order valence-electron chi connectivity index (χ1n) is 11.1. The molecule has 168 valence electrons. The predicted octanol–water partition coefficient (Wildman–Crippen LogP) is 1.28. The van der Waals surface area contributed by atoms with E-state index in [4.69, 9.17) is 4.74 Å². The molecule has 30 heavy (non-hydrogen) atoms. The fourth-order valence-corrected chi connectivity index (χ4v) is 4.89. The Morgan fingerprint density at radius 1 is 0.833 bits per heavy atom. The van der Waals surface area contributed by atoms with E-state index in [-0.39, 0.29) is 53.4 Å². The molecule has 0 bridgehead atoms. The van der Waals surface area contributed by atoms with Gasteiger partial charge >= 0.3 is 5.97 Å². The second kappa shape index (κ2) is 8.94. The summed E-state index contributed by atoms with van der Waals surface area (Å²) in [6.45, 7) is 8.75. The molecule has 0 saturated carbocycles. The number of hydrogen-bond donors (Lipinski definition) is 0. The molecule has 3 aliphatic rings. The molecule has 0 radical (unpaired) electrons. The topological polar surface area (TPSA) is 87.2 Å². The number of esters is 1. The summed E-state index contributed by atoms with van der Waals surface area (Å²) in [6.07, 6.45) is 2.89. The molecule has 0 aromatic rings. The highest BCUT2D eigenvalue weighted by molar-refractivity contribution is 5.90. The maximum atomic E-state index is 12.9. The standard InChI is InChI=1S/C22H35N3O5/c1-22(2,3)25-14-17(13-18(25)26)20(28)24-9-5-15(6-10-24)19(27)23-11-7-16(8-12-23)21(29)30-4/h15-17H,5-14H2,1-4H3. The van der Waals surface area contributed by atoms with Crippen molar-refractivity contribution in [3.8, 4) is 0 Å². The predicted molar refractivity (Wildman–Crippen MR) is 110 cm³/mol. The van der Waals surface area contributed by atoms with Crippen molar-refractivity contribution < 1.29 is 23.9 Å². The quantitative estimate of drug-likeness (QED) is 0.641. The molecular formula is C22H35N3O5. The SMILES string of the molecule is COC(=O)C1CCN(C(=O)C2CCN(C(=O)C3CC(=O)N(C(C)(C)C)C3)CC2)CC1. The average molecular weight is 422 g/mol. The summed E-state index contributed by atoms with van der Waals surface area (Å²) >= 11 is 0. The monoisotopic (exact) mass is 421 g/mol. The van der Waals surface area contributed by atoms with E-state index < -0.39 is 0 Å².